The second kappa shape index (κ2) is 4.51. The number of hydrogen-bond acceptors (Lipinski definition) is 5. The largest absolute Gasteiger partial charge is 0.451 e. The number of rotatable bonds is 3. The maximum Gasteiger partial charge on any atom is 0.274 e. The molecule has 6 nitrogen and oxygen atoms in total. The average Bonchev–Trinajstić information content (AvgIpc) is 2.77. The van der Waals surface area contributed by atoms with Gasteiger partial charge in [-0.1, -0.05) is 0 Å². The van der Waals surface area contributed by atoms with Crippen LogP contribution in [0.4, 0.5) is 0 Å². The van der Waals surface area contributed by atoms with Crippen LogP contribution in [0.3, 0.4) is 0 Å². The zero-order valence-corrected chi connectivity index (χ0v) is 11.1. The molecule has 0 aliphatic heterocycles. The van der Waals surface area contributed by atoms with Crippen LogP contribution in [-0.2, 0) is 10.0 Å². The van der Waals surface area contributed by atoms with Crippen LogP contribution in [0.1, 0.15) is 11.4 Å². The summed E-state index contributed by atoms with van der Waals surface area (Å²) in [6.45, 7) is 3.65. The summed E-state index contributed by atoms with van der Waals surface area (Å²) in [6, 6.07) is 3.36. The number of aryl methyl sites for hydroxylation is 2. The molecule has 0 saturated carbocycles. The van der Waals surface area contributed by atoms with Gasteiger partial charge in [0.2, 0.25) is 5.09 Å². The van der Waals surface area contributed by atoms with Crippen molar-refractivity contribution in [1.82, 2.24) is 14.7 Å². The van der Waals surface area contributed by atoms with Gasteiger partial charge in [0, 0.05) is 11.4 Å². The summed E-state index contributed by atoms with van der Waals surface area (Å²) in [5.41, 5.74) is 1.90. The molecule has 0 aliphatic rings. The van der Waals surface area contributed by atoms with Crippen molar-refractivity contribution >= 4 is 10.0 Å². The summed E-state index contributed by atoms with van der Waals surface area (Å²) >= 11 is 0. The Morgan fingerprint density at radius 3 is 2.39 bits per heavy atom. The standard InChI is InChI=1S/C11H13N3O3S/c1-7-6-8(2)14-10(13-7)9-4-5-17-11(9)18(15,16)12-3/h4-6,12H,1-3H3. The molecular weight excluding hydrogens is 254 g/mol. The van der Waals surface area contributed by atoms with Crippen molar-refractivity contribution in [1.29, 1.82) is 0 Å². The number of nitrogens with zero attached hydrogens (tertiary/aromatic N) is 2. The lowest BCUT2D eigenvalue weighted by Crippen LogP contribution is -2.18. The second-order valence-corrected chi connectivity index (χ2v) is 5.59. The molecule has 0 radical (unpaired) electrons. The highest BCUT2D eigenvalue weighted by molar-refractivity contribution is 7.89. The summed E-state index contributed by atoms with van der Waals surface area (Å²) in [6.07, 6.45) is 1.31. The van der Waals surface area contributed by atoms with E-state index in [-0.39, 0.29) is 5.09 Å². The molecule has 0 amide bonds. The van der Waals surface area contributed by atoms with Crippen LogP contribution >= 0.6 is 0 Å². The molecule has 0 saturated heterocycles. The molecule has 0 aromatic carbocycles. The van der Waals surface area contributed by atoms with Gasteiger partial charge in [0.05, 0.1) is 11.8 Å². The smallest absolute Gasteiger partial charge is 0.274 e. The monoisotopic (exact) mass is 267 g/mol. The van der Waals surface area contributed by atoms with Crippen molar-refractivity contribution in [3.05, 3.63) is 29.8 Å². The number of sulfonamides is 1. The summed E-state index contributed by atoms with van der Waals surface area (Å²) in [4.78, 5) is 8.44. The molecule has 2 rings (SSSR count). The molecule has 2 aromatic heterocycles. The topological polar surface area (TPSA) is 85.1 Å². The molecule has 0 atom stereocenters. The van der Waals surface area contributed by atoms with E-state index >= 15 is 0 Å². The highest BCUT2D eigenvalue weighted by Gasteiger charge is 2.23. The van der Waals surface area contributed by atoms with Gasteiger partial charge in [0.25, 0.3) is 10.0 Å². The number of nitrogens with one attached hydrogen (secondary N) is 1. The van der Waals surface area contributed by atoms with Crippen molar-refractivity contribution in [2.45, 2.75) is 18.9 Å². The van der Waals surface area contributed by atoms with E-state index < -0.39 is 10.0 Å². The Balaban J connectivity index is 2.63. The Hall–Kier alpha value is -1.73. The third-order valence-corrected chi connectivity index (χ3v) is 3.71. The Bertz CT molecular complexity index is 656. The molecule has 2 heterocycles. The van der Waals surface area contributed by atoms with E-state index in [9.17, 15) is 8.42 Å². The summed E-state index contributed by atoms with van der Waals surface area (Å²) in [5, 5.41) is -0.171. The number of furan rings is 1. The highest BCUT2D eigenvalue weighted by Crippen LogP contribution is 2.25. The van der Waals surface area contributed by atoms with Crippen LogP contribution in [0.25, 0.3) is 11.4 Å². The first-order valence-electron chi connectivity index (χ1n) is 5.28. The van der Waals surface area contributed by atoms with Gasteiger partial charge in [-0.25, -0.2) is 23.1 Å². The van der Waals surface area contributed by atoms with Crippen molar-refractivity contribution in [3.8, 4) is 11.4 Å². The first kappa shape index (κ1) is 12.7. The van der Waals surface area contributed by atoms with Crippen LogP contribution in [0.5, 0.6) is 0 Å². The quantitative estimate of drug-likeness (QED) is 0.905. The van der Waals surface area contributed by atoms with Crippen LogP contribution in [-0.4, -0.2) is 25.4 Å². The lowest BCUT2D eigenvalue weighted by atomic mass is 10.3. The van der Waals surface area contributed by atoms with E-state index in [1.807, 2.05) is 19.9 Å². The second-order valence-electron chi connectivity index (χ2n) is 3.80. The van der Waals surface area contributed by atoms with Gasteiger partial charge in [-0.3, -0.25) is 0 Å². The van der Waals surface area contributed by atoms with E-state index in [4.69, 9.17) is 4.42 Å². The zero-order chi connectivity index (χ0) is 13.3. The van der Waals surface area contributed by atoms with Gasteiger partial charge in [-0.2, -0.15) is 0 Å². The van der Waals surface area contributed by atoms with Crippen LogP contribution in [0, 0.1) is 13.8 Å². The fourth-order valence-electron chi connectivity index (χ4n) is 1.61. The molecule has 1 N–H and O–H groups in total. The molecule has 7 heteroatoms. The third kappa shape index (κ3) is 2.27. The lowest BCUT2D eigenvalue weighted by molar-refractivity contribution is 0.449. The van der Waals surface area contributed by atoms with Crippen molar-refractivity contribution in [2.24, 2.45) is 0 Å². The van der Waals surface area contributed by atoms with Crippen LogP contribution in [0.15, 0.2) is 27.9 Å². The Morgan fingerprint density at radius 1 is 1.22 bits per heavy atom. The van der Waals surface area contributed by atoms with E-state index in [0.29, 0.717) is 11.4 Å². The molecule has 0 bridgehead atoms. The summed E-state index contributed by atoms with van der Waals surface area (Å²) in [7, 11) is -2.33. The minimum atomic E-state index is -3.66. The first-order valence-corrected chi connectivity index (χ1v) is 6.76. The van der Waals surface area contributed by atoms with E-state index in [1.54, 1.807) is 6.07 Å². The lowest BCUT2D eigenvalue weighted by Gasteiger charge is -2.04. The zero-order valence-electron chi connectivity index (χ0n) is 10.3. The first-order chi connectivity index (χ1) is 8.44. The molecule has 0 fully saturated rings. The number of hydrogen-bond donors (Lipinski definition) is 1. The number of aromatic nitrogens is 2. The average molecular weight is 267 g/mol. The van der Waals surface area contributed by atoms with Gasteiger partial charge >= 0.3 is 0 Å². The van der Waals surface area contributed by atoms with Gasteiger partial charge in [-0.05, 0) is 33.0 Å². The molecule has 0 spiro atoms. The molecule has 96 valence electrons. The Labute approximate surface area is 105 Å². The third-order valence-electron chi connectivity index (χ3n) is 2.37. The van der Waals surface area contributed by atoms with Gasteiger partial charge in [0.15, 0.2) is 5.82 Å². The minimum absolute atomic E-state index is 0.171. The fraction of sp³-hybridized carbons (Fsp3) is 0.273. The van der Waals surface area contributed by atoms with E-state index in [1.165, 1.54) is 13.3 Å². The van der Waals surface area contributed by atoms with Gasteiger partial charge < -0.3 is 4.42 Å². The molecule has 0 unspecified atom stereocenters. The molecule has 18 heavy (non-hydrogen) atoms. The SMILES string of the molecule is CNS(=O)(=O)c1occc1-c1nc(C)cc(C)n1. The summed E-state index contributed by atoms with van der Waals surface area (Å²) < 4.78 is 30.8. The molecular formula is C11H13N3O3S. The predicted molar refractivity (Wildman–Crippen MR) is 65.5 cm³/mol. The van der Waals surface area contributed by atoms with Crippen LogP contribution < -0.4 is 4.72 Å². The fourth-order valence-corrected chi connectivity index (χ4v) is 2.42. The molecule has 2 aromatic rings. The van der Waals surface area contributed by atoms with Gasteiger partial charge in [0.1, 0.15) is 0 Å². The molecule has 0 aliphatic carbocycles. The summed E-state index contributed by atoms with van der Waals surface area (Å²) in [5.74, 6) is 0.343. The predicted octanol–water partition coefficient (Wildman–Crippen LogP) is 1.26. The minimum Gasteiger partial charge on any atom is -0.451 e. The van der Waals surface area contributed by atoms with E-state index in [0.717, 1.165) is 11.4 Å². The van der Waals surface area contributed by atoms with Crippen molar-refractivity contribution < 1.29 is 12.8 Å². The normalized spacial score (nSPS) is 11.7. The van der Waals surface area contributed by atoms with Gasteiger partial charge in [-0.15, -0.1) is 0 Å². The Kier molecular flexibility index (Phi) is 3.18. The Morgan fingerprint density at radius 2 is 1.83 bits per heavy atom. The highest BCUT2D eigenvalue weighted by atomic mass is 32.2. The maximum absolute atomic E-state index is 11.8. The van der Waals surface area contributed by atoms with Crippen molar-refractivity contribution in [3.63, 3.8) is 0 Å². The van der Waals surface area contributed by atoms with Crippen molar-refractivity contribution in [2.75, 3.05) is 7.05 Å². The maximum atomic E-state index is 11.8. The van der Waals surface area contributed by atoms with Crippen LogP contribution in [0.2, 0.25) is 0 Å². The van der Waals surface area contributed by atoms with E-state index in [2.05, 4.69) is 14.7 Å².